The Morgan fingerprint density at radius 3 is 2.33 bits per heavy atom. The van der Waals surface area contributed by atoms with Gasteiger partial charge in [-0.25, -0.2) is 4.39 Å². The molecule has 0 bridgehead atoms. The summed E-state index contributed by atoms with van der Waals surface area (Å²) in [4.78, 5) is 0. The van der Waals surface area contributed by atoms with Gasteiger partial charge in [-0.1, -0.05) is 11.6 Å². The molecule has 5 heteroatoms. The summed E-state index contributed by atoms with van der Waals surface area (Å²) in [5.74, 6) is -0.653. The Kier molecular flexibility index (Phi) is 4.51. The Bertz CT molecular complexity index is 445. The molecule has 0 aromatic heterocycles. The van der Waals surface area contributed by atoms with Crippen LogP contribution in [0.15, 0.2) is 29.8 Å². The molecule has 1 aromatic carbocycles. The largest absolute Gasteiger partial charge is 0.416 e. The predicted octanol–water partition coefficient (Wildman–Crippen LogP) is 4.07. The van der Waals surface area contributed by atoms with Gasteiger partial charge in [0.15, 0.2) is 0 Å². The molecule has 0 fully saturated rings. The lowest BCUT2D eigenvalue weighted by Crippen LogP contribution is -2.17. The molecule has 1 aromatic rings. The van der Waals surface area contributed by atoms with Crippen molar-refractivity contribution in [3.05, 3.63) is 46.8 Å². The summed E-state index contributed by atoms with van der Waals surface area (Å²) in [5.41, 5.74) is 0.0426. The zero-order valence-corrected chi connectivity index (χ0v) is 10.4. The SMILES string of the molecule is CNC(C=C(C)C)c1cc(C(F)(F)F)ccc1F. The number of rotatable bonds is 3. The summed E-state index contributed by atoms with van der Waals surface area (Å²) in [6.45, 7) is 3.60. The number of alkyl halides is 3. The molecule has 1 rings (SSSR count). The van der Waals surface area contributed by atoms with Gasteiger partial charge in [-0.05, 0) is 39.1 Å². The van der Waals surface area contributed by atoms with E-state index in [9.17, 15) is 17.6 Å². The first-order chi connectivity index (χ1) is 8.25. The van der Waals surface area contributed by atoms with Gasteiger partial charge < -0.3 is 5.32 Å². The second-order valence-corrected chi connectivity index (χ2v) is 4.24. The van der Waals surface area contributed by atoms with Crippen LogP contribution in [0.2, 0.25) is 0 Å². The molecule has 0 saturated carbocycles. The summed E-state index contributed by atoms with van der Waals surface area (Å²) in [7, 11) is 1.57. The van der Waals surface area contributed by atoms with Crippen molar-refractivity contribution in [2.75, 3.05) is 7.05 Å². The highest BCUT2D eigenvalue weighted by Crippen LogP contribution is 2.32. The fraction of sp³-hybridized carbons (Fsp3) is 0.385. The van der Waals surface area contributed by atoms with Crippen LogP contribution in [0.1, 0.15) is 31.0 Å². The normalized spacial score (nSPS) is 13.3. The van der Waals surface area contributed by atoms with E-state index >= 15 is 0 Å². The molecule has 18 heavy (non-hydrogen) atoms. The van der Waals surface area contributed by atoms with Crippen molar-refractivity contribution in [3.63, 3.8) is 0 Å². The van der Waals surface area contributed by atoms with Crippen LogP contribution in [0.25, 0.3) is 0 Å². The standard InChI is InChI=1S/C13H15F4N/c1-8(2)6-12(18-3)10-7-9(13(15,16)17)4-5-11(10)14/h4-7,12,18H,1-3H3. The van der Waals surface area contributed by atoms with Gasteiger partial charge in [0.25, 0.3) is 0 Å². The number of allylic oxidation sites excluding steroid dienone is 1. The molecule has 0 aliphatic heterocycles. The van der Waals surface area contributed by atoms with Gasteiger partial charge in [0, 0.05) is 5.56 Å². The zero-order chi connectivity index (χ0) is 13.9. The average molecular weight is 261 g/mol. The van der Waals surface area contributed by atoms with E-state index in [1.807, 2.05) is 0 Å². The van der Waals surface area contributed by atoms with Crippen LogP contribution in [0, 0.1) is 5.82 Å². The van der Waals surface area contributed by atoms with Crippen molar-refractivity contribution in [1.82, 2.24) is 5.32 Å². The predicted molar refractivity (Wildman–Crippen MR) is 62.6 cm³/mol. The third kappa shape index (κ3) is 3.57. The van der Waals surface area contributed by atoms with Crippen LogP contribution in [0.4, 0.5) is 17.6 Å². The molecule has 0 saturated heterocycles. The number of likely N-dealkylation sites (N-methyl/N-ethyl adjacent to an activating group) is 1. The molecule has 100 valence electrons. The maximum atomic E-state index is 13.6. The van der Waals surface area contributed by atoms with Crippen LogP contribution in [0.3, 0.4) is 0 Å². The smallest absolute Gasteiger partial charge is 0.310 e. The van der Waals surface area contributed by atoms with Crippen molar-refractivity contribution >= 4 is 0 Å². The van der Waals surface area contributed by atoms with Gasteiger partial charge in [-0.15, -0.1) is 0 Å². The maximum Gasteiger partial charge on any atom is 0.416 e. The number of benzene rings is 1. The zero-order valence-electron chi connectivity index (χ0n) is 10.4. The van der Waals surface area contributed by atoms with Gasteiger partial charge in [0.05, 0.1) is 11.6 Å². The van der Waals surface area contributed by atoms with E-state index < -0.39 is 23.6 Å². The van der Waals surface area contributed by atoms with Crippen molar-refractivity contribution in [3.8, 4) is 0 Å². The fourth-order valence-electron chi connectivity index (χ4n) is 1.62. The van der Waals surface area contributed by atoms with Crippen LogP contribution in [-0.4, -0.2) is 7.05 Å². The highest BCUT2D eigenvalue weighted by molar-refractivity contribution is 5.32. The third-order valence-corrected chi connectivity index (χ3v) is 2.47. The van der Waals surface area contributed by atoms with Gasteiger partial charge in [-0.2, -0.15) is 13.2 Å². The van der Waals surface area contributed by atoms with Gasteiger partial charge in [0.1, 0.15) is 5.82 Å². The van der Waals surface area contributed by atoms with Gasteiger partial charge in [0.2, 0.25) is 0 Å². The molecule has 1 N–H and O–H groups in total. The van der Waals surface area contributed by atoms with E-state index in [1.54, 1.807) is 27.0 Å². The molecule has 0 radical (unpaired) electrons. The van der Waals surface area contributed by atoms with E-state index in [2.05, 4.69) is 5.32 Å². The minimum atomic E-state index is -4.47. The number of hydrogen-bond donors (Lipinski definition) is 1. The molecule has 0 aliphatic rings. The van der Waals surface area contributed by atoms with Crippen molar-refractivity contribution in [2.24, 2.45) is 0 Å². The van der Waals surface area contributed by atoms with Crippen LogP contribution in [-0.2, 0) is 6.18 Å². The molecule has 1 nitrogen and oxygen atoms in total. The van der Waals surface area contributed by atoms with Crippen molar-refractivity contribution < 1.29 is 17.6 Å². The maximum absolute atomic E-state index is 13.6. The Morgan fingerprint density at radius 2 is 1.89 bits per heavy atom. The van der Waals surface area contributed by atoms with E-state index in [4.69, 9.17) is 0 Å². The monoisotopic (exact) mass is 261 g/mol. The summed E-state index contributed by atoms with van der Waals surface area (Å²) < 4.78 is 51.3. The number of halogens is 4. The molecule has 0 aliphatic carbocycles. The number of hydrogen-bond acceptors (Lipinski definition) is 1. The van der Waals surface area contributed by atoms with E-state index in [0.717, 1.165) is 23.8 Å². The first kappa shape index (κ1) is 14.7. The molecule has 0 spiro atoms. The average Bonchev–Trinajstić information content (AvgIpc) is 2.25. The topological polar surface area (TPSA) is 12.0 Å². The van der Waals surface area contributed by atoms with E-state index in [-0.39, 0.29) is 5.56 Å². The Labute approximate surface area is 104 Å². The first-order valence-corrected chi connectivity index (χ1v) is 5.44. The number of nitrogens with one attached hydrogen (secondary N) is 1. The van der Waals surface area contributed by atoms with Gasteiger partial charge in [-0.3, -0.25) is 0 Å². The van der Waals surface area contributed by atoms with Gasteiger partial charge >= 0.3 is 6.18 Å². The summed E-state index contributed by atoms with van der Waals surface area (Å²) >= 11 is 0. The van der Waals surface area contributed by atoms with E-state index in [0.29, 0.717) is 0 Å². The highest BCUT2D eigenvalue weighted by Gasteiger charge is 2.31. The summed E-state index contributed by atoms with van der Waals surface area (Å²) in [5, 5.41) is 2.79. The van der Waals surface area contributed by atoms with Crippen LogP contribution < -0.4 is 5.32 Å². The van der Waals surface area contributed by atoms with E-state index in [1.165, 1.54) is 0 Å². The molecule has 0 amide bonds. The lowest BCUT2D eigenvalue weighted by atomic mass is 10.0. The lowest BCUT2D eigenvalue weighted by molar-refractivity contribution is -0.137. The van der Waals surface area contributed by atoms with Crippen LogP contribution in [0.5, 0.6) is 0 Å². The summed E-state index contributed by atoms with van der Waals surface area (Å²) in [6.07, 6.45) is -2.79. The lowest BCUT2D eigenvalue weighted by Gasteiger charge is -2.16. The Hall–Kier alpha value is -1.36. The molecular formula is C13H15F4N. The summed E-state index contributed by atoms with van der Waals surface area (Å²) in [6, 6.07) is 1.86. The first-order valence-electron chi connectivity index (χ1n) is 5.44. The van der Waals surface area contributed by atoms with Crippen LogP contribution >= 0.6 is 0 Å². The third-order valence-electron chi connectivity index (χ3n) is 2.47. The highest BCUT2D eigenvalue weighted by atomic mass is 19.4. The molecule has 1 unspecified atom stereocenters. The van der Waals surface area contributed by atoms with Crippen molar-refractivity contribution in [2.45, 2.75) is 26.1 Å². The Balaban J connectivity index is 3.26. The molecule has 0 heterocycles. The molecular weight excluding hydrogens is 246 g/mol. The second kappa shape index (κ2) is 5.52. The van der Waals surface area contributed by atoms with Crippen molar-refractivity contribution in [1.29, 1.82) is 0 Å². The minimum absolute atomic E-state index is 0.00600. The fourth-order valence-corrected chi connectivity index (χ4v) is 1.62. The second-order valence-electron chi connectivity index (χ2n) is 4.24. The minimum Gasteiger partial charge on any atom is -0.310 e. The quantitative estimate of drug-likeness (QED) is 0.638. The molecule has 1 atom stereocenters. The Morgan fingerprint density at radius 1 is 1.28 bits per heavy atom.